The first-order valence-electron chi connectivity index (χ1n) is 9.92. The number of aryl methyl sites for hydroxylation is 1. The molecule has 4 rings (SSSR count). The van der Waals surface area contributed by atoms with Gasteiger partial charge in [0.2, 0.25) is 5.89 Å². The molecule has 0 atom stereocenters. The van der Waals surface area contributed by atoms with E-state index < -0.39 is 0 Å². The third-order valence-electron chi connectivity index (χ3n) is 4.99. The molecule has 0 aliphatic carbocycles. The minimum Gasteiger partial charge on any atom is -0.423 e. The Balaban J connectivity index is 1.51. The largest absolute Gasteiger partial charge is 0.423 e. The average Bonchev–Trinajstić information content (AvgIpc) is 3.22. The maximum atomic E-state index is 11.9. The highest BCUT2D eigenvalue weighted by Crippen LogP contribution is 2.29. The predicted octanol–water partition coefficient (Wildman–Crippen LogP) is 5.29. The van der Waals surface area contributed by atoms with E-state index in [9.17, 15) is 4.79 Å². The zero-order valence-electron chi connectivity index (χ0n) is 17.2. The Kier molecular flexibility index (Phi) is 5.90. The second-order valence-corrected chi connectivity index (χ2v) is 7.90. The van der Waals surface area contributed by atoms with Crippen LogP contribution in [0.4, 0.5) is 5.69 Å². The Morgan fingerprint density at radius 3 is 2.47 bits per heavy atom. The molecule has 154 valence electrons. The molecule has 0 radical (unpaired) electrons. The molecule has 0 aliphatic rings. The Hall–Kier alpha value is -3.06. The van der Waals surface area contributed by atoms with E-state index in [2.05, 4.69) is 41.1 Å². The van der Waals surface area contributed by atoms with E-state index in [1.54, 1.807) is 0 Å². The molecule has 0 spiro atoms. The van der Waals surface area contributed by atoms with E-state index in [0.29, 0.717) is 22.4 Å². The SMILES string of the molecule is CCN(CC)c1ccc(-c2nnc(SCc3cc(=O)oc4cc(C)ccc34)o2)cc1. The maximum absolute atomic E-state index is 11.9. The second kappa shape index (κ2) is 8.75. The fourth-order valence-corrected chi connectivity index (χ4v) is 4.14. The molecule has 6 nitrogen and oxygen atoms in total. The number of hydrogen-bond donors (Lipinski definition) is 0. The van der Waals surface area contributed by atoms with Gasteiger partial charge in [-0.05, 0) is 62.2 Å². The molecule has 0 bridgehead atoms. The van der Waals surface area contributed by atoms with Crippen molar-refractivity contribution in [1.29, 1.82) is 0 Å². The van der Waals surface area contributed by atoms with Crippen LogP contribution >= 0.6 is 11.8 Å². The molecule has 0 fully saturated rings. The number of aromatic nitrogens is 2. The first kappa shape index (κ1) is 20.2. The normalized spacial score (nSPS) is 11.2. The van der Waals surface area contributed by atoms with Gasteiger partial charge in [0.1, 0.15) is 5.58 Å². The van der Waals surface area contributed by atoms with Crippen molar-refractivity contribution >= 4 is 28.4 Å². The van der Waals surface area contributed by atoms with E-state index in [1.165, 1.54) is 23.5 Å². The van der Waals surface area contributed by atoms with Gasteiger partial charge in [-0.25, -0.2) is 4.79 Å². The van der Waals surface area contributed by atoms with Gasteiger partial charge in [-0.2, -0.15) is 0 Å². The Bertz CT molecular complexity index is 1210. The molecule has 7 heteroatoms. The minimum absolute atomic E-state index is 0.358. The fourth-order valence-electron chi connectivity index (χ4n) is 3.38. The van der Waals surface area contributed by atoms with Crippen LogP contribution < -0.4 is 10.5 Å². The topological polar surface area (TPSA) is 72.4 Å². The molecular weight excluding hydrogens is 398 g/mol. The van der Waals surface area contributed by atoms with Gasteiger partial charge >= 0.3 is 5.63 Å². The van der Waals surface area contributed by atoms with Gasteiger partial charge in [-0.3, -0.25) is 0 Å². The van der Waals surface area contributed by atoms with Crippen molar-refractivity contribution in [3.63, 3.8) is 0 Å². The maximum Gasteiger partial charge on any atom is 0.336 e. The van der Waals surface area contributed by atoms with Crippen LogP contribution in [-0.2, 0) is 5.75 Å². The van der Waals surface area contributed by atoms with E-state index in [4.69, 9.17) is 8.83 Å². The fraction of sp³-hybridized carbons (Fsp3) is 0.261. The van der Waals surface area contributed by atoms with Crippen LogP contribution in [0, 0.1) is 6.92 Å². The lowest BCUT2D eigenvalue weighted by Gasteiger charge is -2.20. The standard InChI is InChI=1S/C23H23N3O3S/c1-4-26(5-2)18-9-7-16(8-10-18)22-24-25-23(29-22)30-14-17-13-21(27)28-20-12-15(3)6-11-19(17)20/h6-13H,4-5,14H2,1-3H3. The van der Waals surface area contributed by atoms with Gasteiger partial charge in [-0.15, -0.1) is 10.2 Å². The van der Waals surface area contributed by atoms with Crippen molar-refractivity contribution in [3.8, 4) is 11.5 Å². The predicted molar refractivity (Wildman–Crippen MR) is 120 cm³/mol. The number of anilines is 1. The molecule has 2 heterocycles. The van der Waals surface area contributed by atoms with Crippen LogP contribution in [0.5, 0.6) is 0 Å². The van der Waals surface area contributed by atoms with Crippen LogP contribution in [0.15, 0.2) is 67.4 Å². The van der Waals surface area contributed by atoms with Crippen molar-refractivity contribution in [2.24, 2.45) is 0 Å². The third-order valence-corrected chi connectivity index (χ3v) is 5.85. The Morgan fingerprint density at radius 2 is 1.73 bits per heavy atom. The lowest BCUT2D eigenvalue weighted by molar-refractivity contribution is 0.466. The smallest absolute Gasteiger partial charge is 0.336 e. The summed E-state index contributed by atoms with van der Waals surface area (Å²) in [7, 11) is 0. The molecular formula is C23H23N3O3S. The van der Waals surface area contributed by atoms with Gasteiger partial charge < -0.3 is 13.7 Å². The van der Waals surface area contributed by atoms with Gasteiger partial charge in [0.05, 0.1) is 0 Å². The van der Waals surface area contributed by atoms with Gasteiger partial charge in [0.15, 0.2) is 0 Å². The van der Waals surface area contributed by atoms with Crippen molar-refractivity contribution in [2.45, 2.75) is 31.7 Å². The first-order chi connectivity index (χ1) is 14.6. The zero-order valence-corrected chi connectivity index (χ0v) is 18.0. The summed E-state index contributed by atoms with van der Waals surface area (Å²) in [4.78, 5) is 14.2. The first-order valence-corrected chi connectivity index (χ1v) is 10.9. The van der Waals surface area contributed by atoms with Crippen molar-refractivity contribution < 1.29 is 8.83 Å². The summed E-state index contributed by atoms with van der Waals surface area (Å²) in [5, 5.41) is 9.70. The van der Waals surface area contributed by atoms with Crippen molar-refractivity contribution in [2.75, 3.05) is 18.0 Å². The Morgan fingerprint density at radius 1 is 0.967 bits per heavy atom. The quantitative estimate of drug-likeness (QED) is 0.296. The lowest BCUT2D eigenvalue weighted by atomic mass is 10.1. The lowest BCUT2D eigenvalue weighted by Crippen LogP contribution is -2.21. The monoisotopic (exact) mass is 421 g/mol. The molecule has 0 amide bonds. The van der Waals surface area contributed by atoms with Crippen molar-refractivity contribution in [1.82, 2.24) is 10.2 Å². The molecule has 4 aromatic rings. The van der Waals surface area contributed by atoms with E-state index in [-0.39, 0.29) is 5.63 Å². The second-order valence-electron chi connectivity index (χ2n) is 6.97. The molecule has 0 N–H and O–H groups in total. The summed E-state index contributed by atoms with van der Waals surface area (Å²) in [6.45, 7) is 8.17. The van der Waals surface area contributed by atoms with Gasteiger partial charge in [-0.1, -0.05) is 23.9 Å². The zero-order chi connectivity index (χ0) is 21.1. The number of thioether (sulfide) groups is 1. The van der Waals surface area contributed by atoms with Gasteiger partial charge in [0, 0.05) is 41.5 Å². The summed E-state index contributed by atoms with van der Waals surface area (Å²) < 4.78 is 11.2. The van der Waals surface area contributed by atoms with Gasteiger partial charge in [0.25, 0.3) is 5.22 Å². The number of benzene rings is 2. The number of hydrogen-bond acceptors (Lipinski definition) is 7. The molecule has 2 aromatic carbocycles. The molecule has 0 unspecified atom stereocenters. The number of fused-ring (bicyclic) bond motifs is 1. The van der Waals surface area contributed by atoms with Crippen molar-refractivity contribution in [3.05, 3.63) is 70.1 Å². The van der Waals surface area contributed by atoms with Crippen LogP contribution in [0.25, 0.3) is 22.4 Å². The summed E-state index contributed by atoms with van der Waals surface area (Å²) in [5.41, 5.74) is 4.22. The molecule has 2 aromatic heterocycles. The summed E-state index contributed by atoms with van der Waals surface area (Å²) in [5.74, 6) is 1.02. The molecule has 0 aliphatic heterocycles. The number of rotatable bonds is 7. The van der Waals surface area contributed by atoms with Crippen LogP contribution in [0.3, 0.4) is 0 Å². The summed E-state index contributed by atoms with van der Waals surface area (Å²) in [6.07, 6.45) is 0. The average molecular weight is 422 g/mol. The van der Waals surface area contributed by atoms with E-state index in [0.717, 1.165) is 35.2 Å². The summed E-state index contributed by atoms with van der Waals surface area (Å²) in [6, 6.07) is 15.5. The third kappa shape index (κ3) is 4.26. The number of nitrogens with zero attached hydrogens (tertiary/aromatic N) is 3. The molecule has 0 saturated carbocycles. The van der Waals surface area contributed by atoms with Crippen LogP contribution in [0.2, 0.25) is 0 Å². The molecule has 30 heavy (non-hydrogen) atoms. The van der Waals surface area contributed by atoms with E-state index in [1.807, 2.05) is 37.3 Å². The summed E-state index contributed by atoms with van der Waals surface area (Å²) >= 11 is 1.40. The highest BCUT2D eigenvalue weighted by Gasteiger charge is 2.12. The Labute approximate surface area is 178 Å². The molecule has 0 saturated heterocycles. The van der Waals surface area contributed by atoms with Crippen LogP contribution in [-0.4, -0.2) is 23.3 Å². The highest BCUT2D eigenvalue weighted by atomic mass is 32.2. The van der Waals surface area contributed by atoms with E-state index >= 15 is 0 Å². The minimum atomic E-state index is -0.358. The highest BCUT2D eigenvalue weighted by molar-refractivity contribution is 7.98. The van der Waals surface area contributed by atoms with Crippen LogP contribution in [0.1, 0.15) is 25.0 Å².